The lowest BCUT2D eigenvalue weighted by Crippen LogP contribution is -2.25. The van der Waals surface area contributed by atoms with Crippen molar-refractivity contribution in [2.24, 2.45) is 5.92 Å². The molecule has 2 rings (SSSR count). The molecule has 0 unspecified atom stereocenters. The summed E-state index contributed by atoms with van der Waals surface area (Å²) in [5.41, 5.74) is 2.29. The van der Waals surface area contributed by atoms with E-state index in [1.54, 1.807) is 0 Å². The van der Waals surface area contributed by atoms with Gasteiger partial charge in [-0.1, -0.05) is 25.5 Å². The molecule has 2 heteroatoms. The molecule has 2 nitrogen and oxygen atoms in total. The molecule has 18 heavy (non-hydrogen) atoms. The predicted octanol–water partition coefficient (Wildman–Crippen LogP) is 4.13. The van der Waals surface area contributed by atoms with Crippen molar-refractivity contribution in [1.29, 1.82) is 5.26 Å². The summed E-state index contributed by atoms with van der Waals surface area (Å²) in [6.07, 6.45) is 7.13. The molecule has 1 fully saturated rings. The first-order valence-corrected chi connectivity index (χ1v) is 7.04. The number of anilines is 1. The summed E-state index contributed by atoms with van der Waals surface area (Å²) in [5, 5.41) is 12.2. The molecule has 0 amide bonds. The summed E-state index contributed by atoms with van der Waals surface area (Å²) in [4.78, 5) is 0. The fourth-order valence-electron chi connectivity index (χ4n) is 2.76. The number of benzene rings is 1. The van der Waals surface area contributed by atoms with Crippen LogP contribution in [-0.2, 0) is 6.42 Å². The van der Waals surface area contributed by atoms with Gasteiger partial charge in [-0.15, -0.1) is 0 Å². The van der Waals surface area contributed by atoms with Gasteiger partial charge in [0.1, 0.15) is 0 Å². The number of nitrogens with one attached hydrogen (secondary N) is 1. The van der Waals surface area contributed by atoms with Gasteiger partial charge in [0.2, 0.25) is 0 Å². The molecule has 1 aromatic carbocycles. The number of nitriles is 1. The van der Waals surface area contributed by atoms with E-state index in [0.717, 1.165) is 11.5 Å². The molecule has 0 bridgehead atoms. The zero-order valence-corrected chi connectivity index (χ0v) is 11.2. The fraction of sp³-hybridized carbons (Fsp3) is 0.562. The second-order valence-electron chi connectivity index (χ2n) is 5.30. The van der Waals surface area contributed by atoms with Gasteiger partial charge in [0.15, 0.2) is 0 Å². The molecule has 96 valence electrons. The highest BCUT2D eigenvalue weighted by Gasteiger charge is 2.19. The summed E-state index contributed by atoms with van der Waals surface area (Å²) < 4.78 is 0. The van der Waals surface area contributed by atoms with Crippen molar-refractivity contribution in [2.45, 2.75) is 51.5 Å². The van der Waals surface area contributed by atoms with Crippen LogP contribution in [0.1, 0.15) is 44.6 Å². The van der Waals surface area contributed by atoms with Crippen LogP contribution in [0.5, 0.6) is 0 Å². The van der Waals surface area contributed by atoms with Crippen LogP contribution in [0.2, 0.25) is 0 Å². The average molecular weight is 242 g/mol. The van der Waals surface area contributed by atoms with Gasteiger partial charge >= 0.3 is 0 Å². The molecule has 0 radical (unpaired) electrons. The first-order valence-electron chi connectivity index (χ1n) is 7.04. The zero-order chi connectivity index (χ0) is 12.8. The molecule has 0 heterocycles. The monoisotopic (exact) mass is 242 g/mol. The van der Waals surface area contributed by atoms with E-state index < -0.39 is 0 Å². The number of hydrogen-bond donors (Lipinski definition) is 1. The first kappa shape index (κ1) is 13.0. The molecule has 1 aliphatic rings. The normalized spacial score (nSPS) is 23.3. The van der Waals surface area contributed by atoms with E-state index in [1.165, 1.54) is 37.8 Å². The maximum atomic E-state index is 8.63. The minimum Gasteiger partial charge on any atom is -0.382 e. The summed E-state index contributed by atoms with van der Waals surface area (Å²) in [6, 6.07) is 11.1. The lowest BCUT2D eigenvalue weighted by Gasteiger charge is -2.29. The highest BCUT2D eigenvalue weighted by molar-refractivity contribution is 5.45. The number of hydrogen-bond acceptors (Lipinski definition) is 2. The molecule has 1 N–H and O–H groups in total. The Balaban J connectivity index is 1.85. The Labute approximate surface area is 110 Å². The molecular formula is C16H22N2. The number of nitrogens with zero attached hydrogens (tertiary/aromatic N) is 1. The van der Waals surface area contributed by atoms with Crippen LogP contribution in [0, 0.1) is 17.2 Å². The van der Waals surface area contributed by atoms with Crippen LogP contribution in [-0.4, -0.2) is 6.04 Å². The van der Waals surface area contributed by atoms with Gasteiger partial charge in [-0.2, -0.15) is 5.26 Å². The Morgan fingerprint density at radius 3 is 2.39 bits per heavy atom. The van der Waals surface area contributed by atoms with Crippen molar-refractivity contribution in [3.63, 3.8) is 0 Å². The second kappa shape index (κ2) is 6.44. The Bertz CT molecular complexity index is 394. The third-order valence-corrected chi connectivity index (χ3v) is 4.03. The molecule has 0 aromatic heterocycles. The van der Waals surface area contributed by atoms with Gasteiger partial charge < -0.3 is 5.32 Å². The SMILES string of the molecule is CCC1CCC(Nc2ccc(CC#N)cc2)CC1. The van der Waals surface area contributed by atoms with Gasteiger partial charge in [0, 0.05) is 11.7 Å². The van der Waals surface area contributed by atoms with Gasteiger partial charge in [-0.25, -0.2) is 0 Å². The van der Waals surface area contributed by atoms with Crippen LogP contribution in [0.15, 0.2) is 24.3 Å². The van der Waals surface area contributed by atoms with Crippen molar-refractivity contribution < 1.29 is 0 Å². The van der Waals surface area contributed by atoms with Crippen molar-refractivity contribution >= 4 is 5.69 Å². The Morgan fingerprint density at radius 2 is 1.83 bits per heavy atom. The van der Waals surface area contributed by atoms with E-state index in [1.807, 2.05) is 12.1 Å². The largest absolute Gasteiger partial charge is 0.382 e. The molecule has 1 saturated carbocycles. The summed E-state index contributed by atoms with van der Waals surface area (Å²) in [5.74, 6) is 0.945. The van der Waals surface area contributed by atoms with Gasteiger partial charge in [-0.3, -0.25) is 0 Å². The van der Waals surface area contributed by atoms with E-state index in [9.17, 15) is 0 Å². The smallest absolute Gasteiger partial charge is 0.0669 e. The molecule has 1 aromatic rings. The van der Waals surface area contributed by atoms with Crippen LogP contribution >= 0.6 is 0 Å². The quantitative estimate of drug-likeness (QED) is 0.861. The van der Waals surface area contributed by atoms with Gasteiger partial charge in [0.05, 0.1) is 12.5 Å². The van der Waals surface area contributed by atoms with E-state index in [0.29, 0.717) is 12.5 Å². The third kappa shape index (κ3) is 3.50. The molecule has 1 aliphatic carbocycles. The van der Waals surface area contributed by atoms with Crippen LogP contribution < -0.4 is 5.32 Å². The van der Waals surface area contributed by atoms with Crippen molar-refractivity contribution in [3.8, 4) is 6.07 Å². The maximum absolute atomic E-state index is 8.63. The van der Waals surface area contributed by atoms with E-state index in [4.69, 9.17) is 5.26 Å². The predicted molar refractivity (Wildman–Crippen MR) is 75.4 cm³/mol. The highest BCUT2D eigenvalue weighted by atomic mass is 14.9. The Morgan fingerprint density at radius 1 is 1.17 bits per heavy atom. The Kier molecular flexibility index (Phi) is 4.64. The van der Waals surface area contributed by atoms with Crippen LogP contribution in [0.4, 0.5) is 5.69 Å². The van der Waals surface area contributed by atoms with E-state index in [-0.39, 0.29) is 0 Å². The van der Waals surface area contributed by atoms with Crippen LogP contribution in [0.25, 0.3) is 0 Å². The van der Waals surface area contributed by atoms with E-state index >= 15 is 0 Å². The zero-order valence-electron chi connectivity index (χ0n) is 11.2. The van der Waals surface area contributed by atoms with Crippen molar-refractivity contribution in [1.82, 2.24) is 0 Å². The van der Waals surface area contributed by atoms with Gasteiger partial charge in [-0.05, 0) is 49.3 Å². The second-order valence-corrected chi connectivity index (χ2v) is 5.30. The number of rotatable bonds is 4. The minimum absolute atomic E-state index is 0.502. The fourth-order valence-corrected chi connectivity index (χ4v) is 2.76. The molecule has 0 spiro atoms. The summed E-state index contributed by atoms with van der Waals surface area (Å²) in [6.45, 7) is 2.30. The minimum atomic E-state index is 0.502. The topological polar surface area (TPSA) is 35.8 Å². The van der Waals surface area contributed by atoms with Crippen molar-refractivity contribution in [3.05, 3.63) is 29.8 Å². The lowest BCUT2D eigenvalue weighted by atomic mass is 9.84. The molecular weight excluding hydrogens is 220 g/mol. The summed E-state index contributed by atoms with van der Waals surface area (Å²) >= 11 is 0. The standard InChI is InChI=1S/C16H22N2/c1-2-13-3-7-15(8-4-13)18-16-9-5-14(6-10-16)11-12-17/h5-6,9-10,13,15,18H,2-4,7-8,11H2,1H3. The first-order chi connectivity index (χ1) is 8.81. The Hall–Kier alpha value is -1.49. The highest BCUT2D eigenvalue weighted by Crippen LogP contribution is 2.28. The van der Waals surface area contributed by atoms with Crippen molar-refractivity contribution in [2.75, 3.05) is 5.32 Å². The third-order valence-electron chi connectivity index (χ3n) is 4.03. The average Bonchev–Trinajstić information content (AvgIpc) is 2.42. The molecule has 0 atom stereocenters. The van der Waals surface area contributed by atoms with Gasteiger partial charge in [0.25, 0.3) is 0 Å². The van der Waals surface area contributed by atoms with E-state index in [2.05, 4.69) is 30.4 Å². The van der Waals surface area contributed by atoms with Crippen LogP contribution in [0.3, 0.4) is 0 Å². The summed E-state index contributed by atoms with van der Waals surface area (Å²) in [7, 11) is 0. The maximum Gasteiger partial charge on any atom is 0.0669 e. The molecule has 0 saturated heterocycles. The lowest BCUT2D eigenvalue weighted by molar-refractivity contribution is 0.330. The molecule has 0 aliphatic heterocycles.